The molecule has 0 aliphatic rings. The Morgan fingerprint density at radius 3 is 2.48 bits per heavy atom. The molecule has 1 N–H and O–H groups in total. The van der Waals surface area contributed by atoms with Gasteiger partial charge in [-0.15, -0.1) is 0 Å². The number of hydrogen-bond acceptors (Lipinski definition) is 5. The summed E-state index contributed by atoms with van der Waals surface area (Å²) in [5, 5.41) is 22.2. The van der Waals surface area contributed by atoms with Gasteiger partial charge in [-0.05, 0) is 18.2 Å². The van der Waals surface area contributed by atoms with E-state index in [1.54, 1.807) is 0 Å². The van der Waals surface area contributed by atoms with E-state index in [1.807, 2.05) is 4.72 Å². The first kappa shape index (κ1) is 14.7. The Labute approximate surface area is 118 Å². The maximum Gasteiger partial charge on any atom is 0.271 e. The zero-order chi connectivity index (χ0) is 15.6. The second kappa shape index (κ2) is 5.37. The van der Waals surface area contributed by atoms with Crippen LogP contribution in [-0.2, 0) is 10.0 Å². The molecule has 2 aromatic carbocycles. The molecule has 0 fully saturated rings. The lowest BCUT2D eigenvalue weighted by Crippen LogP contribution is -2.14. The molecule has 0 heterocycles. The lowest BCUT2D eigenvalue weighted by atomic mass is 10.2. The average Bonchev–Trinajstić information content (AvgIpc) is 2.41. The molecule has 0 atom stereocenters. The number of benzene rings is 2. The predicted octanol–water partition coefficient (Wildman–Crippen LogP) is 1.61. The number of anilines is 1. The van der Waals surface area contributed by atoms with Crippen LogP contribution < -0.4 is 9.83 Å². The number of nitro groups is 1. The summed E-state index contributed by atoms with van der Waals surface area (Å²) in [6.07, 6.45) is 0. The Kier molecular flexibility index (Phi) is 3.76. The van der Waals surface area contributed by atoms with E-state index >= 15 is 0 Å². The number of non-ortho nitro benzene ring substituents is 1. The molecule has 0 saturated carbocycles. The van der Waals surface area contributed by atoms with Gasteiger partial charge in [-0.1, -0.05) is 17.9 Å². The Hall–Kier alpha value is -2.68. The minimum atomic E-state index is -4.21. The van der Waals surface area contributed by atoms with Crippen molar-refractivity contribution in [1.29, 1.82) is 0 Å². The van der Waals surface area contributed by atoms with Crippen LogP contribution in [0.3, 0.4) is 0 Å². The number of nitrogens with zero attached hydrogens (tertiary/aromatic N) is 1. The van der Waals surface area contributed by atoms with Crippen LogP contribution in [0.25, 0.3) is 0 Å². The van der Waals surface area contributed by atoms with Crippen molar-refractivity contribution >= 4 is 21.4 Å². The van der Waals surface area contributed by atoms with Crippen LogP contribution in [0.4, 0.5) is 15.8 Å². The molecule has 21 heavy (non-hydrogen) atoms. The molecule has 9 heteroatoms. The number of nitrogens with one attached hydrogen (secondary N) is 1. The third kappa shape index (κ3) is 3.26. The van der Waals surface area contributed by atoms with Crippen molar-refractivity contribution in [3.8, 4) is 5.75 Å². The highest BCUT2D eigenvalue weighted by molar-refractivity contribution is 7.92. The van der Waals surface area contributed by atoms with Gasteiger partial charge in [0.1, 0.15) is 5.82 Å². The van der Waals surface area contributed by atoms with E-state index in [1.165, 1.54) is 6.07 Å². The fourth-order valence-electron chi connectivity index (χ4n) is 1.55. The zero-order valence-corrected chi connectivity index (χ0v) is 11.1. The topological polar surface area (TPSA) is 112 Å². The van der Waals surface area contributed by atoms with Gasteiger partial charge in [0.2, 0.25) is 0 Å². The first-order valence-corrected chi connectivity index (χ1v) is 7.02. The highest BCUT2D eigenvalue weighted by Crippen LogP contribution is 2.28. The highest BCUT2D eigenvalue weighted by Gasteiger charge is 2.17. The summed E-state index contributed by atoms with van der Waals surface area (Å²) in [6, 6.07) is 6.79. The summed E-state index contributed by atoms with van der Waals surface area (Å²) < 4.78 is 39.0. The molecule has 0 aliphatic carbocycles. The van der Waals surface area contributed by atoms with Crippen LogP contribution in [0.15, 0.2) is 47.4 Å². The summed E-state index contributed by atoms with van der Waals surface area (Å²) in [5.41, 5.74) is -0.917. The largest absolute Gasteiger partial charge is 0.871 e. The van der Waals surface area contributed by atoms with Crippen LogP contribution in [-0.4, -0.2) is 13.3 Å². The first-order valence-electron chi connectivity index (χ1n) is 5.53. The van der Waals surface area contributed by atoms with Gasteiger partial charge in [-0.3, -0.25) is 14.8 Å². The van der Waals surface area contributed by atoms with Crippen LogP contribution in [0.1, 0.15) is 0 Å². The first-order chi connectivity index (χ1) is 9.79. The fraction of sp³-hybridized carbons (Fsp3) is 0. The molecule has 0 bridgehead atoms. The highest BCUT2D eigenvalue weighted by atomic mass is 32.2. The van der Waals surface area contributed by atoms with Crippen molar-refractivity contribution in [3.63, 3.8) is 0 Å². The van der Waals surface area contributed by atoms with E-state index < -0.39 is 42.8 Å². The Balaban J connectivity index is 2.41. The summed E-state index contributed by atoms with van der Waals surface area (Å²) in [7, 11) is -4.21. The van der Waals surface area contributed by atoms with Crippen LogP contribution >= 0.6 is 0 Å². The maximum absolute atomic E-state index is 13.0. The van der Waals surface area contributed by atoms with Crippen molar-refractivity contribution in [1.82, 2.24) is 0 Å². The lowest BCUT2D eigenvalue weighted by molar-refractivity contribution is -0.385. The Morgan fingerprint density at radius 1 is 1.14 bits per heavy atom. The summed E-state index contributed by atoms with van der Waals surface area (Å²) in [4.78, 5) is 9.46. The molecule has 0 amide bonds. The van der Waals surface area contributed by atoms with Crippen molar-refractivity contribution in [2.75, 3.05) is 4.72 Å². The van der Waals surface area contributed by atoms with Gasteiger partial charge < -0.3 is 5.11 Å². The third-order valence-corrected chi connectivity index (χ3v) is 3.89. The Morgan fingerprint density at radius 2 is 1.86 bits per heavy atom. The van der Waals surface area contributed by atoms with Gasteiger partial charge >= 0.3 is 0 Å². The van der Waals surface area contributed by atoms with Gasteiger partial charge in [-0.25, -0.2) is 12.8 Å². The molecule has 0 aliphatic heterocycles. The summed E-state index contributed by atoms with van der Waals surface area (Å²) >= 11 is 0. The van der Waals surface area contributed by atoms with Gasteiger partial charge in [0, 0.05) is 17.8 Å². The quantitative estimate of drug-likeness (QED) is 0.681. The van der Waals surface area contributed by atoms with E-state index in [4.69, 9.17) is 0 Å². The molecule has 0 unspecified atom stereocenters. The SMILES string of the molecule is O=[N+]([O-])c1ccc([O-])c(NS(=O)(=O)c2cccc(F)c2)c1. The van der Waals surface area contributed by atoms with E-state index in [0.29, 0.717) is 0 Å². The van der Waals surface area contributed by atoms with E-state index in [-0.39, 0.29) is 0 Å². The van der Waals surface area contributed by atoms with E-state index in [0.717, 1.165) is 36.4 Å². The van der Waals surface area contributed by atoms with Crippen LogP contribution in [0.2, 0.25) is 0 Å². The third-order valence-electron chi connectivity index (χ3n) is 2.52. The molecule has 2 aromatic rings. The monoisotopic (exact) mass is 311 g/mol. The summed E-state index contributed by atoms with van der Waals surface area (Å²) in [5.74, 6) is -1.50. The standard InChI is InChI=1S/C12H9FN2O5S/c13-8-2-1-3-10(6-8)21(19,20)14-11-7-9(15(17)18)4-5-12(11)16/h1-7,14,16H/p-1. The molecular formula is C12H8FN2O5S-. The molecular weight excluding hydrogens is 303 g/mol. The fourth-order valence-corrected chi connectivity index (χ4v) is 2.64. The number of rotatable bonds is 4. The molecule has 110 valence electrons. The normalized spacial score (nSPS) is 11.1. The zero-order valence-electron chi connectivity index (χ0n) is 10.3. The lowest BCUT2D eigenvalue weighted by Gasteiger charge is -2.15. The molecule has 0 spiro atoms. The smallest absolute Gasteiger partial charge is 0.271 e. The molecule has 0 aromatic heterocycles. The van der Waals surface area contributed by atoms with Gasteiger partial charge in [0.25, 0.3) is 15.7 Å². The van der Waals surface area contributed by atoms with Crippen LogP contribution in [0.5, 0.6) is 5.75 Å². The molecule has 0 saturated heterocycles. The number of hydrogen-bond donors (Lipinski definition) is 1. The van der Waals surface area contributed by atoms with Gasteiger partial charge in [0.15, 0.2) is 0 Å². The number of halogens is 1. The van der Waals surface area contributed by atoms with Crippen molar-refractivity contribution in [3.05, 3.63) is 58.4 Å². The van der Waals surface area contributed by atoms with Crippen molar-refractivity contribution in [2.24, 2.45) is 0 Å². The maximum atomic E-state index is 13.0. The number of nitro benzene ring substituents is 1. The second-order valence-corrected chi connectivity index (χ2v) is 5.68. The Bertz CT molecular complexity index is 807. The summed E-state index contributed by atoms with van der Waals surface area (Å²) in [6.45, 7) is 0. The van der Waals surface area contributed by atoms with E-state index in [2.05, 4.69) is 0 Å². The predicted molar refractivity (Wildman–Crippen MR) is 69.8 cm³/mol. The van der Waals surface area contributed by atoms with Crippen LogP contribution in [0, 0.1) is 15.9 Å². The molecule has 0 radical (unpaired) electrons. The second-order valence-electron chi connectivity index (χ2n) is 4.00. The van der Waals surface area contributed by atoms with Gasteiger partial charge in [0.05, 0.1) is 9.82 Å². The van der Waals surface area contributed by atoms with Crippen molar-refractivity contribution < 1.29 is 22.8 Å². The number of sulfonamides is 1. The minimum Gasteiger partial charge on any atom is -0.871 e. The van der Waals surface area contributed by atoms with Gasteiger partial charge in [-0.2, -0.15) is 0 Å². The average molecular weight is 311 g/mol. The molecule has 2 rings (SSSR count). The molecule has 7 nitrogen and oxygen atoms in total. The minimum absolute atomic E-state index is 0.395. The van der Waals surface area contributed by atoms with E-state index in [9.17, 15) is 28.0 Å². The van der Waals surface area contributed by atoms with Crippen molar-refractivity contribution in [2.45, 2.75) is 4.90 Å².